The Morgan fingerprint density at radius 2 is 2.17 bits per heavy atom. The molecule has 2 heteroatoms. The number of hydrogen-bond donors (Lipinski definition) is 1. The summed E-state index contributed by atoms with van der Waals surface area (Å²) in [6, 6.07) is 0.654. The first kappa shape index (κ1) is 10.3. The van der Waals surface area contributed by atoms with Gasteiger partial charge in [0.25, 0.3) is 0 Å². The van der Waals surface area contributed by atoms with E-state index in [1.165, 1.54) is 25.7 Å². The molecular weight excluding hydrogens is 214 g/mol. The summed E-state index contributed by atoms with van der Waals surface area (Å²) in [7, 11) is 0. The highest BCUT2D eigenvalue weighted by Crippen LogP contribution is 2.27. The molecule has 1 N–H and O–H groups in total. The van der Waals surface area contributed by atoms with Crippen LogP contribution in [0.15, 0.2) is 11.1 Å². The summed E-state index contributed by atoms with van der Waals surface area (Å²) in [5.74, 6) is 0.900. The SMILES string of the molecule is C=C(Br)CN[C@@H](C)C1CCCC1. The quantitative estimate of drug-likeness (QED) is 0.785. The van der Waals surface area contributed by atoms with Crippen molar-refractivity contribution in [2.75, 3.05) is 6.54 Å². The van der Waals surface area contributed by atoms with Gasteiger partial charge in [-0.25, -0.2) is 0 Å². The first-order valence-corrected chi connectivity index (χ1v) is 5.56. The number of hydrogen-bond acceptors (Lipinski definition) is 1. The molecule has 0 spiro atoms. The molecule has 1 nitrogen and oxygen atoms in total. The Morgan fingerprint density at radius 3 is 2.67 bits per heavy atom. The summed E-state index contributed by atoms with van der Waals surface area (Å²) in [6.45, 7) is 6.99. The molecule has 0 amide bonds. The lowest BCUT2D eigenvalue weighted by Gasteiger charge is -2.19. The van der Waals surface area contributed by atoms with Gasteiger partial charge in [-0.05, 0) is 25.7 Å². The lowest BCUT2D eigenvalue weighted by molar-refractivity contribution is 0.394. The fourth-order valence-corrected chi connectivity index (χ4v) is 2.06. The van der Waals surface area contributed by atoms with Crippen molar-refractivity contribution in [3.63, 3.8) is 0 Å². The molecule has 0 heterocycles. The number of rotatable bonds is 4. The highest BCUT2D eigenvalue weighted by Gasteiger charge is 2.20. The molecule has 1 fully saturated rings. The zero-order chi connectivity index (χ0) is 8.97. The summed E-state index contributed by atoms with van der Waals surface area (Å²) in [6.07, 6.45) is 5.66. The lowest BCUT2D eigenvalue weighted by Crippen LogP contribution is -2.32. The van der Waals surface area contributed by atoms with E-state index in [-0.39, 0.29) is 0 Å². The van der Waals surface area contributed by atoms with Gasteiger partial charge < -0.3 is 5.32 Å². The van der Waals surface area contributed by atoms with Crippen LogP contribution in [0.5, 0.6) is 0 Å². The van der Waals surface area contributed by atoms with E-state index in [0.717, 1.165) is 16.9 Å². The summed E-state index contributed by atoms with van der Waals surface area (Å²) in [5, 5.41) is 3.48. The summed E-state index contributed by atoms with van der Waals surface area (Å²) in [5.41, 5.74) is 0. The van der Waals surface area contributed by atoms with Gasteiger partial charge in [0.15, 0.2) is 0 Å². The Morgan fingerprint density at radius 1 is 1.58 bits per heavy atom. The highest BCUT2D eigenvalue weighted by molar-refractivity contribution is 9.11. The first-order valence-electron chi connectivity index (χ1n) is 4.77. The monoisotopic (exact) mass is 231 g/mol. The van der Waals surface area contributed by atoms with Crippen LogP contribution >= 0.6 is 15.9 Å². The molecule has 0 radical (unpaired) electrons. The normalized spacial score (nSPS) is 21.2. The van der Waals surface area contributed by atoms with Crippen molar-refractivity contribution >= 4 is 15.9 Å². The van der Waals surface area contributed by atoms with Crippen molar-refractivity contribution in [1.82, 2.24) is 5.32 Å². The first-order chi connectivity index (χ1) is 5.70. The van der Waals surface area contributed by atoms with Gasteiger partial charge in [-0.3, -0.25) is 0 Å². The van der Waals surface area contributed by atoms with Gasteiger partial charge >= 0.3 is 0 Å². The third kappa shape index (κ3) is 3.28. The largest absolute Gasteiger partial charge is 0.309 e. The molecule has 0 unspecified atom stereocenters. The Hall–Kier alpha value is 0.180. The van der Waals surface area contributed by atoms with Crippen LogP contribution in [0, 0.1) is 5.92 Å². The maximum Gasteiger partial charge on any atom is 0.0268 e. The van der Waals surface area contributed by atoms with Gasteiger partial charge in [-0.1, -0.05) is 35.4 Å². The van der Waals surface area contributed by atoms with Gasteiger partial charge in [0.2, 0.25) is 0 Å². The Bertz CT molecular complexity index is 150. The highest BCUT2D eigenvalue weighted by atomic mass is 79.9. The number of halogens is 1. The molecule has 1 atom stereocenters. The van der Waals surface area contributed by atoms with Crippen molar-refractivity contribution in [3.8, 4) is 0 Å². The van der Waals surface area contributed by atoms with Gasteiger partial charge in [-0.2, -0.15) is 0 Å². The minimum absolute atomic E-state index is 0.654. The Balaban J connectivity index is 2.17. The van der Waals surface area contributed by atoms with E-state index in [4.69, 9.17) is 0 Å². The minimum atomic E-state index is 0.654. The standard InChI is InChI=1S/C10H18BrN/c1-8(11)7-12-9(2)10-5-3-4-6-10/h9-10,12H,1,3-7H2,2H3/t9-/m0/s1. The van der Waals surface area contributed by atoms with E-state index in [2.05, 4.69) is 34.7 Å². The number of nitrogens with one attached hydrogen (secondary N) is 1. The smallest absolute Gasteiger partial charge is 0.0268 e. The minimum Gasteiger partial charge on any atom is -0.309 e. The van der Waals surface area contributed by atoms with E-state index in [0.29, 0.717) is 6.04 Å². The van der Waals surface area contributed by atoms with E-state index in [1.807, 2.05) is 0 Å². The molecular formula is C10H18BrN. The average Bonchev–Trinajstić information content (AvgIpc) is 2.51. The van der Waals surface area contributed by atoms with Crippen LogP contribution in [0.4, 0.5) is 0 Å². The predicted molar refractivity (Wildman–Crippen MR) is 57.5 cm³/mol. The maximum absolute atomic E-state index is 3.81. The maximum atomic E-state index is 3.81. The van der Waals surface area contributed by atoms with Crippen LogP contribution < -0.4 is 5.32 Å². The van der Waals surface area contributed by atoms with Crippen molar-refractivity contribution in [2.24, 2.45) is 5.92 Å². The van der Waals surface area contributed by atoms with Crippen LogP contribution in [0.3, 0.4) is 0 Å². The van der Waals surface area contributed by atoms with Gasteiger partial charge in [0.1, 0.15) is 0 Å². The molecule has 0 saturated heterocycles. The molecule has 0 aromatic carbocycles. The zero-order valence-corrected chi connectivity index (χ0v) is 9.36. The van der Waals surface area contributed by atoms with Crippen molar-refractivity contribution in [2.45, 2.75) is 38.6 Å². The molecule has 70 valence electrons. The fourth-order valence-electron chi connectivity index (χ4n) is 1.90. The second-order valence-corrected chi connectivity index (χ2v) is 4.85. The Labute approximate surface area is 83.7 Å². The predicted octanol–water partition coefficient (Wildman–Crippen LogP) is 3.06. The van der Waals surface area contributed by atoms with E-state index >= 15 is 0 Å². The third-order valence-electron chi connectivity index (χ3n) is 2.72. The lowest BCUT2D eigenvalue weighted by atomic mass is 10.00. The molecule has 1 aliphatic carbocycles. The van der Waals surface area contributed by atoms with Crippen molar-refractivity contribution in [3.05, 3.63) is 11.1 Å². The molecule has 0 aromatic heterocycles. The van der Waals surface area contributed by atoms with Gasteiger partial charge in [0.05, 0.1) is 0 Å². The van der Waals surface area contributed by atoms with E-state index in [9.17, 15) is 0 Å². The molecule has 1 saturated carbocycles. The molecule has 12 heavy (non-hydrogen) atoms. The fraction of sp³-hybridized carbons (Fsp3) is 0.800. The van der Waals surface area contributed by atoms with Crippen LogP contribution in [0.25, 0.3) is 0 Å². The second-order valence-electron chi connectivity index (χ2n) is 3.73. The topological polar surface area (TPSA) is 12.0 Å². The molecule has 1 rings (SSSR count). The molecule has 0 aromatic rings. The summed E-state index contributed by atoms with van der Waals surface area (Å²) in [4.78, 5) is 0. The molecule has 1 aliphatic rings. The van der Waals surface area contributed by atoms with Crippen LogP contribution in [-0.4, -0.2) is 12.6 Å². The summed E-state index contributed by atoms with van der Waals surface area (Å²) >= 11 is 3.35. The van der Waals surface area contributed by atoms with Crippen LogP contribution in [-0.2, 0) is 0 Å². The van der Waals surface area contributed by atoms with Gasteiger partial charge in [0, 0.05) is 17.1 Å². The van der Waals surface area contributed by atoms with E-state index in [1.54, 1.807) is 0 Å². The van der Waals surface area contributed by atoms with Crippen molar-refractivity contribution < 1.29 is 0 Å². The third-order valence-corrected chi connectivity index (χ3v) is 3.00. The van der Waals surface area contributed by atoms with Gasteiger partial charge in [-0.15, -0.1) is 0 Å². The van der Waals surface area contributed by atoms with Crippen molar-refractivity contribution in [1.29, 1.82) is 0 Å². The Kier molecular flexibility index (Phi) is 4.30. The van der Waals surface area contributed by atoms with Crippen LogP contribution in [0.1, 0.15) is 32.6 Å². The summed E-state index contributed by atoms with van der Waals surface area (Å²) < 4.78 is 1.05. The molecule has 0 aliphatic heterocycles. The zero-order valence-electron chi connectivity index (χ0n) is 7.78. The second kappa shape index (κ2) is 5.03. The molecule has 0 bridgehead atoms. The van der Waals surface area contributed by atoms with E-state index < -0.39 is 0 Å². The average molecular weight is 232 g/mol. The van der Waals surface area contributed by atoms with Crippen LogP contribution in [0.2, 0.25) is 0 Å².